The van der Waals surface area contributed by atoms with Crippen molar-refractivity contribution in [2.75, 3.05) is 14.2 Å². The molecule has 0 N–H and O–H groups in total. The van der Waals surface area contributed by atoms with Crippen LogP contribution in [0.3, 0.4) is 0 Å². The summed E-state index contributed by atoms with van der Waals surface area (Å²) >= 11 is 3.45. The summed E-state index contributed by atoms with van der Waals surface area (Å²) in [5, 5.41) is 0.872. The average molecular weight is 310 g/mol. The molecule has 0 fully saturated rings. The molecule has 0 amide bonds. The molecule has 5 heteroatoms. The van der Waals surface area contributed by atoms with Crippen LogP contribution in [0.25, 0.3) is 10.9 Å². The molecule has 0 unspecified atom stereocenters. The molecule has 0 aliphatic rings. The van der Waals surface area contributed by atoms with Gasteiger partial charge in [-0.25, -0.2) is 9.78 Å². The van der Waals surface area contributed by atoms with Gasteiger partial charge in [0.15, 0.2) is 0 Å². The summed E-state index contributed by atoms with van der Waals surface area (Å²) in [5.41, 5.74) is 2.13. The Balaban J connectivity index is 2.76. The zero-order chi connectivity index (χ0) is 13.3. The molecule has 2 aromatic rings. The van der Waals surface area contributed by atoms with Crippen LogP contribution < -0.4 is 4.74 Å². The van der Waals surface area contributed by atoms with E-state index in [1.165, 1.54) is 14.2 Å². The number of benzene rings is 1. The summed E-state index contributed by atoms with van der Waals surface area (Å²) in [7, 11) is 2.81. The van der Waals surface area contributed by atoms with Gasteiger partial charge >= 0.3 is 5.97 Å². The third-order valence-electron chi connectivity index (χ3n) is 2.74. The Hall–Kier alpha value is -1.62. The van der Waals surface area contributed by atoms with E-state index in [4.69, 9.17) is 9.47 Å². The highest BCUT2D eigenvalue weighted by Gasteiger charge is 2.16. The number of fused-ring (bicyclic) bond motifs is 1. The van der Waals surface area contributed by atoms with Crippen molar-refractivity contribution in [3.8, 4) is 5.88 Å². The van der Waals surface area contributed by atoms with Gasteiger partial charge in [0.1, 0.15) is 5.56 Å². The minimum Gasteiger partial charge on any atom is -0.480 e. The van der Waals surface area contributed by atoms with E-state index in [2.05, 4.69) is 20.9 Å². The largest absolute Gasteiger partial charge is 0.480 e. The summed E-state index contributed by atoms with van der Waals surface area (Å²) in [5.74, 6) is -0.183. The Bertz CT molecular complexity index is 625. The first-order valence-electron chi connectivity index (χ1n) is 5.30. The van der Waals surface area contributed by atoms with E-state index in [1.807, 2.05) is 19.1 Å². The minimum atomic E-state index is -0.457. The number of hydrogen-bond donors (Lipinski definition) is 0. The number of esters is 1. The van der Waals surface area contributed by atoms with Crippen LogP contribution in [0.5, 0.6) is 5.88 Å². The molecule has 1 heterocycles. The minimum absolute atomic E-state index is 0.274. The molecule has 0 aliphatic carbocycles. The average Bonchev–Trinajstić information content (AvgIpc) is 2.41. The smallest absolute Gasteiger partial charge is 0.343 e. The van der Waals surface area contributed by atoms with E-state index in [1.54, 1.807) is 6.07 Å². The number of carbonyl (C=O) groups excluding carboxylic acids is 1. The predicted molar refractivity (Wildman–Crippen MR) is 72.1 cm³/mol. The fourth-order valence-corrected chi connectivity index (χ4v) is 2.07. The zero-order valence-electron chi connectivity index (χ0n) is 10.3. The molecule has 2 rings (SSSR count). The van der Waals surface area contributed by atoms with Gasteiger partial charge in [-0.2, -0.15) is 0 Å². The first-order valence-corrected chi connectivity index (χ1v) is 6.10. The highest BCUT2D eigenvalue weighted by atomic mass is 79.9. The molecule has 0 saturated carbocycles. The van der Waals surface area contributed by atoms with Crippen molar-refractivity contribution < 1.29 is 14.3 Å². The van der Waals surface area contributed by atoms with Crippen LogP contribution in [0.4, 0.5) is 0 Å². The standard InChI is InChI=1S/C13H12BrNO3/c1-7-10(14)5-4-8-6-9(13(16)18-3)12(17-2)15-11(7)8/h4-6H,1-3H3. The van der Waals surface area contributed by atoms with Crippen molar-refractivity contribution >= 4 is 32.8 Å². The van der Waals surface area contributed by atoms with E-state index in [9.17, 15) is 4.79 Å². The van der Waals surface area contributed by atoms with E-state index >= 15 is 0 Å². The fraction of sp³-hybridized carbons (Fsp3) is 0.231. The van der Waals surface area contributed by atoms with Gasteiger partial charge in [-0.05, 0) is 24.6 Å². The van der Waals surface area contributed by atoms with Crippen LogP contribution in [-0.2, 0) is 4.74 Å². The Morgan fingerprint density at radius 2 is 2.06 bits per heavy atom. The lowest BCUT2D eigenvalue weighted by atomic mass is 10.1. The van der Waals surface area contributed by atoms with Gasteiger partial charge in [-0.1, -0.05) is 22.0 Å². The highest BCUT2D eigenvalue weighted by Crippen LogP contribution is 2.28. The molecule has 1 aromatic carbocycles. The maximum atomic E-state index is 11.6. The summed E-state index contributed by atoms with van der Waals surface area (Å²) in [6.07, 6.45) is 0. The third kappa shape index (κ3) is 2.06. The molecular formula is C13H12BrNO3. The summed E-state index contributed by atoms with van der Waals surface area (Å²) < 4.78 is 10.8. The Morgan fingerprint density at radius 3 is 2.67 bits per heavy atom. The van der Waals surface area contributed by atoms with Crippen LogP contribution >= 0.6 is 15.9 Å². The molecule has 18 heavy (non-hydrogen) atoms. The number of halogens is 1. The number of pyridine rings is 1. The number of nitrogens with zero attached hydrogens (tertiary/aromatic N) is 1. The van der Waals surface area contributed by atoms with Crippen molar-refractivity contribution in [1.29, 1.82) is 0 Å². The normalized spacial score (nSPS) is 10.4. The summed E-state index contributed by atoms with van der Waals surface area (Å²) in [6, 6.07) is 5.55. The van der Waals surface area contributed by atoms with Crippen molar-refractivity contribution in [2.45, 2.75) is 6.92 Å². The van der Waals surface area contributed by atoms with E-state index in [0.717, 1.165) is 20.9 Å². The maximum Gasteiger partial charge on any atom is 0.343 e. The number of methoxy groups -OCH3 is 2. The Kier molecular flexibility index (Phi) is 3.52. The second-order valence-electron chi connectivity index (χ2n) is 3.78. The molecule has 0 radical (unpaired) electrons. The van der Waals surface area contributed by atoms with Gasteiger partial charge in [-0.3, -0.25) is 0 Å². The Morgan fingerprint density at radius 1 is 1.33 bits per heavy atom. The fourth-order valence-electron chi connectivity index (χ4n) is 1.75. The first-order chi connectivity index (χ1) is 8.58. The SMILES string of the molecule is COC(=O)c1cc2ccc(Br)c(C)c2nc1OC. The van der Waals surface area contributed by atoms with Crippen molar-refractivity contribution in [2.24, 2.45) is 0 Å². The summed E-state index contributed by atoms with van der Waals surface area (Å²) in [6.45, 7) is 1.96. The van der Waals surface area contributed by atoms with Gasteiger partial charge in [0.2, 0.25) is 5.88 Å². The van der Waals surface area contributed by atoms with Gasteiger partial charge in [-0.15, -0.1) is 0 Å². The second kappa shape index (κ2) is 4.94. The lowest BCUT2D eigenvalue weighted by Crippen LogP contribution is -2.06. The van der Waals surface area contributed by atoms with Crippen LogP contribution in [-0.4, -0.2) is 25.2 Å². The monoisotopic (exact) mass is 309 g/mol. The molecule has 1 aromatic heterocycles. The number of carbonyl (C=O) groups is 1. The van der Waals surface area contributed by atoms with Gasteiger partial charge < -0.3 is 9.47 Å². The number of ether oxygens (including phenoxy) is 2. The van der Waals surface area contributed by atoms with Crippen LogP contribution in [0.1, 0.15) is 15.9 Å². The first kappa shape index (κ1) is 12.8. The van der Waals surface area contributed by atoms with Gasteiger partial charge in [0.05, 0.1) is 19.7 Å². The molecule has 0 bridgehead atoms. The van der Waals surface area contributed by atoms with Crippen LogP contribution in [0.15, 0.2) is 22.7 Å². The van der Waals surface area contributed by atoms with Gasteiger partial charge in [0.25, 0.3) is 0 Å². The lowest BCUT2D eigenvalue weighted by Gasteiger charge is -2.10. The quantitative estimate of drug-likeness (QED) is 0.800. The molecule has 0 atom stereocenters. The van der Waals surface area contributed by atoms with Gasteiger partial charge in [0, 0.05) is 9.86 Å². The molecular weight excluding hydrogens is 298 g/mol. The molecule has 94 valence electrons. The van der Waals surface area contributed by atoms with E-state index < -0.39 is 5.97 Å². The molecule has 0 spiro atoms. The number of hydrogen-bond acceptors (Lipinski definition) is 4. The molecule has 0 aliphatic heterocycles. The number of rotatable bonds is 2. The van der Waals surface area contributed by atoms with Crippen LogP contribution in [0.2, 0.25) is 0 Å². The topological polar surface area (TPSA) is 48.4 Å². The summed E-state index contributed by atoms with van der Waals surface area (Å²) in [4.78, 5) is 16.0. The maximum absolute atomic E-state index is 11.6. The van der Waals surface area contributed by atoms with E-state index in [-0.39, 0.29) is 5.88 Å². The molecule has 0 saturated heterocycles. The zero-order valence-corrected chi connectivity index (χ0v) is 11.9. The molecule has 4 nitrogen and oxygen atoms in total. The number of aryl methyl sites for hydroxylation is 1. The Labute approximate surface area is 113 Å². The predicted octanol–water partition coefficient (Wildman–Crippen LogP) is 3.10. The lowest BCUT2D eigenvalue weighted by molar-refractivity contribution is 0.0596. The highest BCUT2D eigenvalue weighted by molar-refractivity contribution is 9.10. The second-order valence-corrected chi connectivity index (χ2v) is 4.64. The van der Waals surface area contributed by atoms with Crippen molar-refractivity contribution in [1.82, 2.24) is 4.98 Å². The van der Waals surface area contributed by atoms with Crippen molar-refractivity contribution in [3.05, 3.63) is 33.8 Å². The van der Waals surface area contributed by atoms with Crippen LogP contribution in [0, 0.1) is 6.92 Å². The third-order valence-corrected chi connectivity index (χ3v) is 3.60. The number of aromatic nitrogens is 1. The van der Waals surface area contributed by atoms with Crippen molar-refractivity contribution in [3.63, 3.8) is 0 Å². The van der Waals surface area contributed by atoms with E-state index in [0.29, 0.717) is 5.56 Å².